The Morgan fingerprint density at radius 1 is 1.16 bits per heavy atom. The molecule has 1 aromatic rings. The maximum absolute atomic E-state index is 14.1. The van der Waals surface area contributed by atoms with Crippen molar-refractivity contribution in [3.63, 3.8) is 0 Å². The number of rotatable bonds is 3. The molecule has 0 radical (unpaired) electrons. The molecular formula is C28H40N2O. The molecule has 1 aliphatic heterocycles. The molecule has 2 N–H and O–H groups in total. The molecule has 2 aliphatic carbocycles. The van der Waals surface area contributed by atoms with Crippen LogP contribution in [0.2, 0.25) is 0 Å². The maximum Gasteiger partial charge on any atom is 0.228 e. The van der Waals surface area contributed by atoms with E-state index in [2.05, 4.69) is 75.6 Å². The van der Waals surface area contributed by atoms with E-state index in [1.807, 2.05) is 6.08 Å². The van der Waals surface area contributed by atoms with E-state index < -0.39 is 0 Å². The number of nitrogens with two attached hydrogens (primary N) is 1. The van der Waals surface area contributed by atoms with E-state index in [1.165, 1.54) is 11.1 Å². The highest BCUT2D eigenvalue weighted by Crippen LogP contribution is 2.60. The third-order valence-electron chi connectivity index (χ3n) is 8.61. The number of likely N-dealkylation sites (tertiary alicyclic amines) is 1. The number of nitrogens with zero attached hydrogens (tertiary/aromatic N) is 1. The Morgan fingerprint density at radius 2 is 1.87 bits per heavy atom. The number of carbonyl (C=O) groups is 1. The number of allylic oxidation sites excluding steroid dienone is 3. The van der Waals surface area contributed by atoms with E-state index in [-0.39, 0.29) is 22.3 Å². The van der Waals surface area contributed by atoms with Gasteiger partial charge in [0, 0.05) is 24.5 Å². The minimum absolute atomic E-state index is 0.0334. The minimum Gasteiger partial charge on any atom is -0.342 e. The predicted octanol–water partition coefficient (Wildman–Crippen LogP) is 5.47. The number of hydrogen-bond acceptors (Lipinski definition) is 2. The van der Waals surface area contributed by atoms with Crippen LogP contribution in [0.5, 0.6) is 0 Å². The van der Waals surface area contributed by atoms with E-state index >= 15 is 0 Å². The Kier molecular flexibility index (Phi) is 5.70. The van der Waals surface area contributed by atoms with Crippen molar-refractivity contribution in [3.05, 3.63) is 60.2 Å². The van der Waals surface area contributed by atoms with Gasteiger partial charge in [-0.3, -0.25) is 4.79 Å². The summed E-state index contributed by atoms with van der Waals surface area (Å²) in [5.41, 5.74) is 8.94. The van der Waals surface area contributed by atoms with Gasteiger partial charge in [-0.1, -0.05) is 82.3 Å². The van der Waals surface area contributed by atoms with Crippen LogP contribution in [0.3, 0.4) is 0 Å². The molecule has 0 aromatic heterocycles. The van der Waals surface area contributed by atoms with Gasteiger partial charge in [0.2, 0.25) is 5.91 Å². The summed E-state index contributed by atoms with van der Waals surface area (Å²) in [6.07, 6.45) is 9.17. The fourth-order valence-corrected chi connectivity index (χ4v) is 7.13. The van der Waals surface area contributed by atoms with E-state index in [0.29, 0.717) is 17.7 Å². The van der Waals surface area contributed by atoms with Crippen LogP contribution in [0.1, 0.15) is 65.4 Å². The first kappa shape index (κ1) is 22.3. The van der Waals surface area contributed by atoms with Crippen molar-refractivity contribution in [1.29, 1.82) is 0 Å². The number of carbonyl (C=O) groups excluding carboxylic acids is 1. The van der Waals surface area contributed by atoms with E-state index in [4.69, 9.17) is 5.73 Å². The second-order valence-corrected chi connectivity index (χ2v) is 11.6. The van der Waals surface area contributed by atoms with Gasteiger partial charge in [-0.05, 0) is 60.3 Å². The lowest BCUT2D eigenvalue weighted by atomic mass is 9.49. The van der Waals surface area contributed by atoms with Gasteiger partial charge in [0.1, 0.15) is 0 Å². The fourth-order valence-electron chi connectivity index (χ4n) is 7.13. The zero-order valence-electron chi connectivity index (χ0n) is 19.9. The van der Waals surface area contributed by atoms with Crippen LogP contribution in [0.4, 0.5) is 0 Å². The SMILES string of the molecule is C=C/C=C1\C(C)CC2(c3ccccc3)CC1CC(C)(C(=O)N1CCC(N)C(C)(C)C1)C2. The third-order valence-corrected chi connectivity index (χ3v) is 8.61. The molecule has 2 saturated carbocycles. The van der Waals surface area contributed by atoms with Gasteiger partial charge in [0.05, 0.1) is 0 Å². The zero-order chi connectivity index (χ0) is 22.4. The first-order chi connectivity index (χ1) is 14.6. The Morgan fingerprint density at radius 3 is 2.52 bits per heavy atom. The van der Waals surface area contributed by atoms with Gasteiger partial charge in [-0.2, -0.15) is 0 Å². The summed E-state index contributed by atoms with van der Waals surface area (Å²) in [5.74, 6) is 1.29. The lowest BCUT2D eigenvalue weighted by Gasteiger charge is -2.56. The topological polar surface area (TPSA) is 46.3 Å². The molecule has 1 aromatic carbocycles. The molecule has 5 atom stereocenters. The molecule has 168 valence electrons. The second kappa shape index (κ2) is 7.92. The summed E-state index contributed by atoms with van der Waals surface area (Å²) in [4.78, 5) is 16.2. The predicted molar refractivity (Wildman–Crippen MR) is 129 cm³/mol. The molecule has 3 nitrogen and oxygen atoms in total. The highest BCUT2D eigenvalue weighted by Gasteiger charge is 2.55. The molecule has 31 heavy (non-hydrogen) atoms. The summed E-state index contributed by atoms with van der Waals surface area (Å²) in [7, 11) is 0. The van der Waals surface area contributed by atoms with Crippen molar-refractivity contribution >= 4 is 5.91 Å². The van der Waals surface area contributed by atoms with Gasteiger partial charge < -0.3 is 10.6 Å². The molecule has 1 heterocycles. The molecule has 2 bridgehead atoms. The zero-order valence-corrected chi connectivity index (χ0v) is 19.9. The molecule has 3 aliphatic rings. The van der Waals surface area contributed by atoms with Crippen LogP contribution in [-0.2, 0) is 10.2 Å². The highest BCUT2D eigenvalue weighted by atomic mass is 16.2. The lowest BCUT2D eigenvalue weighted by Crippen LogP contribution is -2.59. The van der Waals surface area contributed by atoms with Gasteiger partial charge in [0.25, 0.3) is 0 Å². The van der Waals surface area contributed by atoms with E-state index in [9.17, 15) is 4.79 Å². The molecular weight excluding hydrogens is 380 g/mol. The Hall–Kier alpha value is -1.87. The maximum atomic E-state index is 14.1. The van der Waals surface area contributed by atoms with Gasteiger partial charge in [-0.25, -0.2) is 0 Å². The Bertz CT molecular complexity index is 868. The Labute approximate surface area is 188 Å². The Balaban J connectivity index is 1.71. The number of fused-ring (bicyclic) bond motifs is 2. The molecule has 3 fully saturated rings. The summed E-state index contributed by atoms with van der Waals surface area (Å²) < 4.78 is 0. The molecule has 1 saturated heterocycles. The van der Waals surface area contributed by atoms with Crippen molar-refractivity contribution in [2.24, 2.45) is 28.4 Å². The summed E-state index contributed by atoms with van der Waals surface area (Å²) in [6.45, 7) is 14.5. The lowest BCUT2D eigenvalue weighted by molar-refractivity contribution is -0.150. The van der Waals surface area contributed by atoms with Crippen molar-refractivity contribution in [3.8, 4) is 0 Å². The second-order valence-electron chi connectivity index (χ2n) is 11.6. The highest BCUT2D eigenvalue weighted by molar-refractivity contribution is 5.83. The van der Waals surface area contributed by atoms with Crippen LogP contribution < -0.4 is 5.73 Å². The molecule has 1 amide bonds. The normalized spacial score (nSPS) is 38.7. The van der Waals surface area contributed by atoms with Crippen LogP contribution in [0.15, 0.2) is 54.6 Å². The molecule has 3 heteroatoms. The standard InChI is InChI=1S/C28H40N2O/c1-6-10-23-20(2)15-28(22-11-8-7-9-12-22)17-21(23)16-27(5,18-28)25(31)30-14-13-24(29)26(3,4)19-30/h6-12,20-21,24H,1,13-19,29H2,2-5H3/b23-10+. The quantitative estimate of drug-likeness (QED) is 0.705. The number of hydrogen-bond donors (Lipinski definition) is 1. The van der Waals surface area contributed by atoms with E-state index in [0.717, 1.165) is 45.2 Å². The van der Waals surface area contributed by atoms with Crippen LogP contribution in [-0.4, -0.2) is 29.9 Å². The van der Waals surface area contributed by atoms with Crippen LogP contribution in [0.25, 0.3) is 0 Å². The fraction of sp³-hybridized carbons (Fsp3) is 0.607. The van der Waals surface area contributed by atoms with Crippen LogP contribution >= 0.6 is 0 Å². The minimum atomic E-state index is -0.351. The summed E-state index contributed by atoms with van der Waals surface area (Å²) in [5, 5.41) is 0. The van der Waals surface area contributed by atoms with Gasteiger partial charge in [-0.15, -0.1) is 0 Å². The third kappa shape index (κ3) is 3.91. The summed E-state index contributed by atoms with van der Waals surface area (Å²) in [6, 6.07) is 11.1. The molecule has 0 spiro atoms. The summed E-state index contributed by atoms with van der Waals surface area (Å²) >= 11 is 0. The first-order valence-electron chi connectivity index (χ1n) is 12.0. The van der Waals surface area contributed by atoms with Crippen molar-refractivity contribution < 1.29 is 4.79 Å². The van der Waals surface area contributed by atoms with Crippen molar-refractivity contribution in [2.45, 2.75) is 71.3 Å². The number of amides is 1. The van der Waals surface area contributed by atoms with Crippen LogP contribution in [0, 0.1) is 22.7 Å². The van der Waals surface area contributed by atoms with Gasteiger partial charge in [0.15, 0.2) is 0 Å². The largest absolute Gasteiger partial charge is 0.342 e. The number of benzene rings is 1. The van der Waals surface area contributed by atoms with Crippen molar-refractivity contribution in [2.75, 3.05) is 13.1 Å². The van der Waals surface area contributed by atoms with E-state index in [1.54, 1.807) is 0 Å². The molecule has 5 unspecified atom stereocenters. The number of piperidine rings is 1. The average molecular weight is 421 g/mol. The molecule has 4 rings (SSSR count). The van der Waals surface area contributed by atoms with Gasteiger partial charge >= 0.3 is 0 Å². The monoisotopic (exact) mass is 420 g/mol. The van der Waals surface area contributed by atoms with Crippen molar-refractivity contribution in [1.82, 2.24) is 4.90 Å². The first-order valence-corrected chi connectivity index (χ1v) is 12.0. The smallest absolute Gasteiger partial charge is 0.228 e. The average Bonchev–Trinajstić information content (AvgIpc) is 2.72.